The molecule has 27 heavy (non-hydrogen) atoms. The molecule has 2 aromatic carbocycles. The van der Waals surface area contributed by atoms with Gasteiger partial charge in [-0.2, -0.15) is 0 Å². The Morgan fingerprint density at radius 1 is 0.852 bits per heavy atom. The summed E-state index contributed by atoms with van der Waals surface area (Å²) in [5.74, 6) is -2.21. The maximum atomic E-state index is 13.4. The number of carbonyl (C=O) groups is 1. The Bertz CT molecular complexity index is 1020. The summed E-state index contributed by atoms with van der Waals surface area (Å²) in [6, 6.07) is 10.5. The van der Waals surface area contributed by atoms with E-state index in [4.69, 9.17) is 0 Å². The normalized spacial score (nSPS) is 10.6. The molecule has 0 atom stereocenters. The van der Waals surface area contributed by atoms with Gasteiger partial charge in [-0.15, -0.1) is 0 Å². The number of aryl methyl sites for hydroxylation is 3. The zero-order valence-corrected chi connectivity index (χ0v) is 15.1. The topological polar surface area (TPSA) is 66.9 Å². The van der Waals surface area contributed by atoms with Crippen LogP contribution in [-0.2, 0) is 0 Å². The van der Waals surface area contributed by atoms with E-state index in [0.29, 0.717) is 11.4 Å². The van der Waals surface area contributed by atoms with Gasteiger partial charge in [0.05, 0.1) is 0 Å². The van der Waals surface area contributed by atoms with Crippen molar-refractivity contribution in [3.8, 4) is 0 Å². The van der Waals surface area contributed by atoms with Crippen LogP contribution in [0.4, 0.5) is 26.1 Å². The molecule has 1 amide bonds. The highest BCUT2D eigenvalue weighted by atomic mass is 19.2. The monoisotopic (exact) mass is 368 g/mol. The molecule has 3 rings (SSSR count). The molecule has 0 radical (unpaired) electrons. The average molecular weight is 368 g/mol. The number of anilines is 3. The molecule has 0 unspecified atom stereocenters. The van der Waals surface area contributed by atoms with Gasteiger partial charge in [0.1, 0.15) is 5.69 Å². The molecule has 0 aliphatic heterocycles. The Morgan fingerprint density at radius 3 is 2.30 bits per heavy atom. The van der Waals surface area contributed by atoms with Gasteiger partial charge >= 0.3 is 0 Å². The third kappa shape index (κ3) is 4.44. The Hall–Kier alpha value is -3.35. The lowest BCUT2D eigenvalue weighted by molar-refractivity contribution is 0.102. The maximum absolute atomic E-state index is 13.4. The molecular formula is C20H18F2N4O. The van der Waals surface area contributed by atoms with Gasteiger partial charge in [0.25, 0.3) is 5.91 Å². The van der Waals surface area contributed by atoms with Crippen molar-refractivity contribution in [3.63, 3.8) is 0 Å². The number of amides is 1. The van der Waals surface area contributed by atoms with Crippen LogP contribution in [0.1, 0.15) is 27.3 Å². The van der Waals surface area contributed by atoms with Crippen molar-refractivity contribution in [1.29, 1.82) is 0 Å². The van der Waals surface area contributed by atoms with E-state index in [1.807, 2.05) is 32.0 Å². The van der Waals surface area contributed by atoms with Gasteiger partial charge in [-0.1, -0.05) is 6.07 Å². The number of nitrogens with one attached hydrogen (secondary N) is 2. The highest BCUT2D eigenvalue weighted by Gasteiger charge is 2.12. The van der Waals surface area contributed by atoms with Crippen LogP contribution in [0.5, 0.6) is 0 Å². The van der Waals surface area contributed by atoms with Crippen LogP contribution in [0.2, 0.25) is 0 Å². The number of halogens is 2. The van der Waals surface area contributed by atoms with E-state index in [1.54, 1.807) is 13.0 Å². The van der Waals surface area contributed by atoms with Crippen molar-refractivity contribution < 1.29 is 13.6 Å². The van der Waals surface area contributed by atoms with E-state index in [2.05, 4.69) is 20.6 Å². The third-order valence-electron chi connectivity index (χ3n) is 4.03. The minimum atomic E-state index is -0.986. The Morgan fingerprint density at radius 2 is 1.59 bits per heavy atom. The molecule has 1 aromatic heterocycles. The van der Waals surface area contributed by atoms with Crippen LogP contribution in [0.25, 0.3) is 0 Å². The third-order valence-corrected chi connectivity index (χ3v) is 4.03. The second-order valence-electron chi connectivity index (χ2n) is 6.23. The van der Waals surface area contributed by atoms with E-state index in [0.717, 1.165) is 23.3 Å². The molecule has 1 heterocycles. The first-order chi connectivity index (χ1) is 12.8. The molecule has 0 saturated heterocycles. The Balaban J connectivity index is 1.82. The number of rotatable bonds is 4. The summed E-state index contributed by atoms with van der Waals surface area (Å²) in [6.45, 7) is 5.67. The zero-order valence-electron chi connectivity index (χ0n) is 15.1. The first-order valence-electron chi connectivity index (χ1n) is 8.28. The van der Waals surface area contributed by atoms with Crippen LogP contribution in [0.3, 0.4) is 0 Å². The Labute approximate surface area is 155 Å². The number of hydrogen-bond acceptors (Lipinski definition) is 4. The highest BCUT2D eigenvalue weighted by Crippen LogP contribution is 2.18. The molecule has 138 valence electrons. The predicted molar refractivity (Wildman–Crippen MR) is 100 cm³/mol. The summed E-state index contributed by atoms with van der Waals surface area (Å²) < 4.78 is 26.4. The average Bonchev–Trinajstić information content (AvgIpc) is 2.61. The van der Waals surface area contributed by atoms with Crippen LogP contribution in [0, 0.1) is 32.4 Å². The summed E-state index contributed by atoms with van der Waals surface area (Å²) >= 11 is 0. The van der Waals surface area contributed by atoms with Gasteiger partial charge < -0.3 is 10.6 Å². The lowest BCUT2D eigenvalue weighted by atomic mass is 10.1. The summed E-state index contributed by atoms with van der Waals surface area (Å²) in [4.78, 5) is 20.9. The molecular weight excluding hydrogens is 350 g/mol. The smallest absolute Gasteiger partial charge is 0.274 e. The van der Waals surface area contributed by atoms with Crippen LogP contribution >= 0.6 is 0 Å². The van der Waals surface area contributed by atoms with E-state index in [9.17, 15) is 13.6 Å². The predicted octanol–water partition coefficient (Wildman–Crippen LogP) is 4.68. The molecule has 3 aromatic rings. The van der Waals surface area contributed by atoms with Gasteiger partial charge in [0.15, 0.2) is 11.6 Å². The van der Waals surface area contributed by atoms with Gasteiger partial charge in [-0.25, -0.2) is 18.7 Å². The first-order valence-corrected chi connectivity index (χ1v) is 8.28. The molecule has 0 aliphatic rings. The van der Waals surface area contributed by atoms with Crippen molar-refractivity contribution >= 4 is 23.2 Å². The minimum Gasteiger partial charge on any atom is -0.324 e. The van der Waals surface area contributed by atoms with E-state index in [-0.39, 0.29) is 17.3 Å². The molecule has 7 heteroatoms. The number of carbonyl (C=O) groups excluding carboxylic acids is 1. The molecule has 0 bridgehead atoms. The van der Waals surface area contributed by atoms with Gasteiger partial charge in [-0.05, 0) is 62.2 Å². The fraction of sp³-hybridized carbons (Fsp3) is 0.150. The lowest BCUT2D eigenvalue weighted by Crippen LogP contribution is -2.15. The molecule has 0 saturated carbocycles. The van der Waals surface area contributed by atoms with E-state index >= 15 is 0 Å². The van der Waals surface area contributed by atoms with Crippen molar-refractivity contribution in [1.82, 2.24) is 9.97 Å². The summed E-state index contributed by atoms with van der Waals surface area (Å²) in [5, 5.41) is 5.57. The van der Waals surface area contributed by atoms with Crippen LogP contribution in [0.15, 0.2) is 42.5 Å². The van der Waals surface area contributed by atoms with E-state index < -0.39 is 17.5 Å². The molecule has 2 N–H and O–H groups in total. The fourth-order valence-electron chi connectivity index (χ4n) is 2.46. The second-order valence-corrected chi connectivity index (χ2v) is 6.23. The number of aromatic nitrogens is 2. The van der Waals surface area contributed by atoms with Crippen molar-refractivity contribution in [3.05, 3.63) is 76.6 Å². The van der Waals surface area contributed by atoms with Crippen molar-refractivity contribution in [2.24, 2.45) is 0 Å². The molecule has 5 nitrogen and oxygen atoms in total. The number of hydrogen-bond donors (Lipinski definition) is 2. The molecule has 0 fully saturated rings. The van der Waals surface area contributed by atoms with Crippen molar-refractivity contribution in [2.75, 3.05) is 10.6 Å². The summed E-state index contributed by atoms with van der Waals surface area (Å²) in [5.41, 5.74) is 3.84. The fourth-order valence-corrected chi connectivity index (χ4v) is 2.46. The van der Waals surface area contributed by atoms with Crippen LogP contribution in [-0.4, -0.2) is 15.9 Å². The quantitative estimate of drug-likeness (QED) is 0.702. The number of nitrogens with zero attached hydrogens (tertiary/aromatic N) is 2. The highest BCUT2D eigenvalue weighted by molar-refractivity contribution is 6.03. The summed E-state index contributed by atoms with van der Waals surface area (Å²) in [6.07, 6.45) is 0. The van der Waals surface area contributed by atoms with Crippen molar-refractivity contribution in [2.45, 2.75) is 20.8 Å². The van der Waals surface area contributed by atoms with Crippen LogP contribution < -0.4 is 10.6 Å². The molecule has 0 aliphatic carbocycles. The standard InChI is InChI=1S/C20H18F2N4O/c1-11-4-5-14(8-12(11)2)24-19(27)18-9-13(3)23-20(26-18)25-15-6-7-16(21)17(22)10-15/h4-10H,1-3H3,(H,24,27)(H,23,25,26). The van der Waals surface area contributed by atoms with E-state index in [1.165, 1.54) is 6.07 Å². The zero-order chi connectivity index (χ0) is 19.6. The number of benzene rings is 2. The lowest BCUT2D eigenvalue weighted by Gasteiger charge is -2.10. The second kappa shape index (κ2) is 7.49. The van der Waals surface area contributed by atoms with Gasteiger partial charge in [0.2, 0.25) is 5.95 Å². The van der Waals surface area contributed by atoms with Gasteiger partial charge in [0, 0.05) is 23.1 Å². The minimum absolute atomic E-state index is 0.117. The SMILES string of the molecule is Cc1cc(C(=O)Nc2ccc(C)c(C)c2)nc(Nc2ccc(F)c(F)c2)n1. The molecule has 0 spiro atoms. The largest absolute Gasteiger partial charge is 0.324 e. The summed E-state index contributed by atoms with van der Waals surface area (Å²) in [7, 11) is 0. The Kier molecular flexibility index (Phi) is 5.12. The van der Waals surface area contributed by atoms with Gasteiger partial charge in [-0.3, -0.25) is 4.79 Å². The first kappa shape index (κ1) is 18.4. The maximum Gasteiger partial charge on any atom is 0.274 e.